The van der Waals surface area contributed by atoms with Gasteiger partial charge >= 0.3 is 0 Å². The highest BCUT2D eigenvalue weighted by atomic mass is 35.5. The van der Waals surface area contributed by atoms with Crippen molar-refractivity contribution in [3.05, 3.63) is 34.9 Å². The molecule has 0 aliphatic heterocycles. The first-order valence-electron chi connectivity index (χ1n) is 8.46. The molecule has 0 bridgehead atoms. The van der Waals surface area contributed by atoms with Gasteiger partial charge in [0.05, 0.1) is 0 Å². The molecule has 118 valence electrons. The maximum absolute atomic E-state index is 6.06. The van der Waals surface area contributed by atoms with E-state index in [1.165, 1.54) is 24.8 Å². The van der Waals surface area contributed by atoms with Crippen LogP contribution in [0.3, 0.4) is 0 Å². The molecular weight excluding hydrogens is 278 g/mol. The predicted molar refractivity (Wildman–Crippen MR) is 93.0 cm³/mol. The molecule has 1 aromatic carbocycles. The van der Waals surface area contributed by atoms with Crippen LogP contribution in [0.2, 0.25) is 5.02 Å². The fraction of sp³-hybridized carbons (Fsp3) is 0.684. The van der Waals surface area contributed by atoms with Crippen LogP contribution in [0.15, 0.2) is 24.3 Å². The van der Waals surface area contributed by atoms with Gasteiger partial charge in [0, 0.05) is 11.1 Å². The standard InChI is InChI=1S/C19H30ClN/c1-13(2)16-5-6-17(12-21-14(3)4)19(11-16)15-7-9-18(20)10-8-15/h7-10,13-14,16-17,19,21H,5-6,11-12H2,1-4H3. The first-order chi connectivity index (χ1) is 9.97. The largest absolute Gasteiger partial charge is 0.314 e. The van der Waals surface area contributed by atoms with E-state index >= 15 is 0 Å². The summed E-state index contributed by atoms with van der Waals surface area (Å²) in [5.41, 5.74) is 1.47. The van der Waals surface area contributed by atoms with Crippen molar-refractivity contribution >= 4 is 11.6 Å². The van der Waals surface area contributed by atoms with Crippen LogP contribution in [0, 0.1) is 17.8 Å². The summed E-state index contributed by atoms with van der Waals surface area (Å²) in [6, 6.07) is 9.13. The average Bonchev–Trinajstić information content (AvgIpc) is 2.45. The maximum Gasteiger partial charge on any atom is 0.0406 e. The molecule has 0 aromatic heterocycles. The zero-order chi connectivity index (χ0) is 15.4. The Labute approximate surface area is 135 Å². The number of benzene rings is 1. The van der Waals surface area contributed by atoms with Crippen molar-refractivity contribution in [3.8, 4) is 0 Å². The Hall–Kier alpha value is -0.530. The van der Waals surface area contributed by atoms with Gasteiger partial charge in [0.2, 0.25) is 0 Å². The third-order valence-electron chi connectivity index (χ3n) is 5.06. The monoisotopic (exact) mass is 307 g/mol. The van der Waals surface area contributed by atoms with Gasteiger partial charge in [-0.1, -0.05) is 51.4 Å². The highest BCUT2D eigenvalue weighted by Crippen LogP contribution is 2.43. The molecule has 0 saturated heterocycles. The van der Waals surface area contributed by atoms with Gasteiger partial charge < -0.3 is 5.32 Å². The van der Waals surface area contributed by atoms with Gasteiger partial charge in [-0.15, -0.1) is 0 Å². The Morgan fingerprint density at radius 3 is 2.33 bits per heavy atom. The second kappa shape index (κ2) is 7.65. The van der Waals surface area contributed by atoms with Crippen molar-refractivity contribution in [2.45, 2.75) is 58.9 Å². The number of halogens is 1. The summed E-state index contributed by atoms with van der Waals surface area (Å²) in [5, 5.41) is 4.48. The zero-order valence-corrected chi connectivity index (χ0v) is 14.7. The minimum atomic E-state index is 0.568. The lowest BCUT2D eigenvalue weighted by molar-refractivity contribution is 0.188. The number of nitrogens with one attached hydrogen (secondary N) is 1. The SMILES string of the molecule is CC(C)NCC1CCC(C(C)C)CC1c1ccc(Cl)cc1. The van der Waals surface area contributed by atoms with E-state index in [0.717, 1.165) is 29.3 Å². The topological polar surface area (TPSA) is 12.0 Å². The van der Waals surface area contributed by atoms with Gasteiger partial charge in [-0.3, -0.25) is 0 Å². The molecule has 3 unspecified atom stereocenters. The molecule has 0 amide bonds. The van der Waals surface area contributed by atoms with Crippen LogP contribution in [0.25, 0.3) is 0 Å². The fourth-order valence-corrected chi connectivity index (χ4v) is 3.75. The first-order valence-corrected chi connectivity index (χ1v) is 8.84. The third kappa shape index (κ3) is 4.72. The highest BCUT2D eigenvalue weighted by molar-refractivity contribution is 6.30. The lowest BCUT2D eigenvalue weighted by Crippen LogP contribution is -2.35. The second-order valence-corrected chi connectivity index (χ2v) is 7.73. The molecule has 21 heavy (non-hydrogen) atoms. The normalized spacial score (nSPS) is 26.5. The van der Waals surface area contributed by atoms with E-state index in [-0.39, 0.29) is 0 Å². The smallest absolute Gasteiger partial charge is 0.0406 e. The summed E-state index contributed by atoms with van der Waals surface area (Å²) in [4.78, 5) is 0. The molecule has 0 heterocycles. The van der Waals surface area contributed by atoms with Crippen LogP contribution in [-0.2, 0) is 0 Å². The van der Waals surface area contributed by atoms with Crippen molar-refractivity contribution in [1.82, 2.24) is 5.32 Å². The minimum absolute atomic E-state index is 0.568. The van der Waals surface area contributed by atoms with Gasteiger partial charge in [0.15, 0.2) is 0 Å². The summed E-state index contributed by atoms with van der Waals surface area (Å²) >= 11 is 6.06. The van der Waals surface area contributed by atoms with E-state index in [9.17, 15) is 0 Å². The minimum Gasteiger partial charge on any atom is -0.314 e. The van der Waals surface area contributed by atoms with Gasteiger partial charge in [0.25, 0.3) is 0 Å². The van der Waals surface area contributed by atoms with Gasteiger partial charge in [-0.25, -0.2) is 0 Å². The molecule has 2 rings (SSSR count). The molecule has 0 radical (unpaired) electrons. The summed E-state index contributed by atoms with van der Waals surface area (Å²) < 4.78 is 0. The number of hydrogen-bond acceptors (Lipinski definition) is 1. The van der Waals surface area contributed by atoms with Crippen molar-refractivity contribution < 1.29 is 0 Å². The van der Waals surface area contributed by atoms with Crippen LogP contribution in [0.4, 0.5) is 0 Å². The molecule has 1 aliphatic rings. The zero-order valence-electron chi connectivity index (χ0n) is 13.9. The van der Waals surface area contributed by atoms with Crippen LogP contribution < -0.4 is 5.32 Å². The van der Waals surface area contributed by atoms with Gasteiger partial charge in [-0.05, 0) is 67.2 Å². The van der Waals surface area contributed by atoms with Crippen LogP contribution >= 0.6 is 11.6 Å². The molecule has 1 aromatic rings. The van der Waals surface area contributed by atoms with E-state index in [4.69, 9.17) is 11.6 Å². The Kier molecular flexibility index (Phi) is 6.13. The molecule has 0 spiro atoms. The van der Waals surface area contributed by atoms with Crippen molar-refractivity contribution in [2.24, 2.45) is 17.8 Å². The summed E-state index contributed by atoms with van der Waals surface area (Å²) in [6.45, 7) is 10.3. The molecule has 3 atom stereocenters. The molecule has 1 aliphatic carbocycles. The molecule has 1 nitrogen and oxygen atoms in total. The second-order valence-electron chi connectivity index (χ2n) is 7.30. The Bertz CT molecular complexity index is 424. The van der Waals surface area contributed by atoms with E-state index in [0.29, 0.717) is 12.0 Å². The predicted octanol–water partition coefficient (Wildman–Crippen LogP) is 5.49. The van der Waals surface area contributed by atoms with Crippen LogP contribution in [-0.4, -0.2) is 12.6 Å². The van der Waals surface area contributed by atoms with Crippen LogP contribution in [0.5, 0.6) is 0 Å². The quantitative estimate of drug-likeness (QED) is 0.758. The Morgan fingerprint density at radius 1 is 1.10 bits per heavy atom. The van der Waals surface area contributed by atoms with Crippen molar-refractivity contribution in [1.29, 1.82) is 0 Å². The highest BCUT2D eigenvalue weighted by Gasteiger charge is 2.32. The lowest BCUT2D eigenvalue weighted by atomic mass is 9.68. The fourth-order valence-electron chi connectivity index (χ4n) is 3.62. The molecule has 1 N–H and O–H groups in total. The van der Waals surface area contributed by atoms with Crippen molar-refractivity contribution in [3.63, 3.8) is 0 Å². The summed E-state index contributed by atoms with van der Waals surface area (Å²) in [6.07, 6.45) is 4.05. The van der Waals surface area contributed by atoms with Gasteiger partial charge in [-0.2, -0.15) is 0 Å². The third-order valence-corrected chi connectivity index (χ3v) is 5.32. The van der Waals surface area contributed by atoms with E-state index < -0.39 is 0 Å². The molecule has 1 saturated carbocycles. The first kappa shape index (κ1) is 16.8. The molecular formula is C19H30ClN. The number of hydrogen-bond donors (Lipinski definition) is 1. The van der Waals surface area contributed by atoms with E-state index in [1.807, 2.05) is 12.1 Å². The average molecular weight is 308 g/mol. The van der Waals surface area contributed by atoms with Crippen LogP contribution in [0.1, 0.15) is 58.4 Å². The van der Waals surface area contributed by atoms with E-state index in [1.54, 1.807) is 0 Å². The Morgan fingerprint density at radius 2 is 1.76 bits per heavy atom. The molecule has 2 heteroatoms. The van der Waals surface area contributed by atoms with Crippen molar-refractivity contribution in [2.75, 3.05) is 6.54 Å². The summed E-state index contributed by atoms with van der Waals surface area (Å²) in [7, 11) is 0. The maximum atomic E-state index is 6.06. The molecule has 1 fully saturated rings. The summed E-state index contributed by atoms with van der Waals surface area (Å²) in [5.74, 6) is 3.08. The number of rotatable bonds is 5. The van der Waals surface area contributed by atoms with E-state index in [2.05, 4.69) is 45.1 Å². The van der Waals surface area contributed by atoms with Gasteiger partial charge in [0.1, 0.15) is 0 Å². The lowest BCUT2D eigenvalue weighted by Gasteiger charge is -2.39. The Balaban J connectivity index is 2.13.